The summed E-state index contributed by atoms with van der Waals surface area (Å²) in [5, 5.41) is 0. The lowest BCUT2D eigenvalue weighted by Crippen LogP contribution is -2.26. The van der Waals surface area contributed by atoms with E-state index in [9.17, 15) is 4.79 Å². The molecule has 1 aliphatic carbocycles. The molecular weight excluding hydrogens is 158 g/mol. The lowest BCUT2D eigenvalue weighted by Gasteiger charge is -2.19. The van der Waals surface area contributed by atoms with Crippen LogP contribution in [-0.4, -0.2) is 12.2 Å². The van der Waals surface area contributed by atoms with Crippen molar-refractivity contribution in [3.05, 3.63) is 0 Å². The molecule has 1 rings (SSSR count). The molecule has 0 aliphatic heterocycles. The zero-order valence-corrected chi connectivity index (χ0v) is 7.75. The SMILES string of the molecule is CSNC(=O)C1CCCCC1. The molecule has 64 valence electrons. The van der Waals surface area contributed by atoms with Gasteiger partial charge in [-0.05, 0) is 12.8 Å². The summed E-state index contributed by atoms with van der Waals surface area (Å²) in [5.74, 6) is 0.536. The van der Waals surface area contributed by atoms with Crippen LogP contribution in [-0.2, 0) is 4.79 Å². The van der Waals surface area contributed by atoms with Gasteiger partial charge in [-0.1, -0.05) is 31.2 Å². The van der Waals surface area contributed by atoms with Gasteiger partial charge in [-0.3, -0.25) is 4.79 Å². The van der Waals surface area contributed by atoms with Crippen LogP contribution in [0.2, 0.25) is 0 Å². The van der Waals surface area contributed by atoms with E-state index in [1.165, 1.54) is 31.2 Å². The van der Waals surface area contributed by atoms with Gasteiger partial charge in [0.15, 0.2) is 0 Å². The van der Waals surface area contributed by atoms with Crippen LogP contribution in [0, 0.1) is 5.92 Å². The summed E-state index contributed by atoms with van der Waals surface area (Å²) < 4.78 is 2.79. The van der Waals surface area contributed by atoms with Crippen molar-refractivity contribution in [3.63, 3.8) is 0 Å². The minimum absolute atomic E-state index is 0.234. The molecule has 0 saturated heterocycles. The molecule has 2 nitrogen and oxygen atoms in total. The number of nitrogens with one attached hydrogen (secondary N) is 1. The maximum Gasteiger partial charge on any atom is 0.232 e. The Morgan fingerprint density at radius 3 is 2.55 bits per heavy atom. The molecule has 0 atom stereocenters. The first kappa shape index (κ1) is 8.91. The van der Waals surface area contributed by atoms with Gasteiger partial charge in [0, 0.05) is 12.2 Å². The first-order valence-corrected chi connectivity index (χ1v) is 5.40. The first-order valence-electron chi connectivity index (χ1n) is 4.17. The lowest BCUT2D eigenvalue weighted by atomic mass is 9.89. The predicted molar refractivity (Wildman–Crippen MR) is 48.2 cm³/mol. The monoisotopic (exact) mass is 173 g/mol. The van der Waals surface area contributed by atoms with Crippen LogP contribution in [0.1, 0.15) is 32.1 Å². The van der Waals surface area contributed by atoms with Gasteiger partial charge >= 0.3 is 0 Å². The summed E-state index contributed by atoms with van der Waals surface area (Å²) in [6.07, 6.45) is 7.83. The zero-order chi connectivity index (χ0) is 8.10. The van der Waals surface area contributed by atoms with Crippen LogP contribution in [0.15, 0.2) is 0 Å². The van der Waals surface area contributed by atoms with Crippen molar-refractivity contribution < 1.29 is 4.79 Å². The number of hydrogen-bond acceptors (Lipinski definition) is 2. The van der Waals surface area contributed by atoms with Crippen LogP contribution < -0.4 is 4.72 Å². The number of amides is 1. The average molecular weight is 173 g/mol. The predicted octanol–water partition coefficient (Wildman–Crippen LogP) is 1.96. The molecule has 0 unspecified atom stereocenters. The van der Waals surface area contributed by atoms with Gasteiger partial charge in [-0.25, -0.2) is 0 Å². The van der Waals surface area contributed by atoms with E-state index in [1.54, 1.807) is 0 Å². The van der Waals surface area contributed by atoms with E-state index in [0.717, 1.165) is 12.8 Å². The third kappa shape index (κ3) is 2.73. The van der Waals surface area contributed by atoms with E-state index >= 15 is 0 Å². The van der Waals surface area contributed by atoms with Crippen LogP contribution in [0.5, 0.6) is 0 Å². The van der Waals surface area contributed by atoms with Crippen LogP contribution in [0.3, 0.4) is 0 Å². The molecule has 3 heteroatoms. The van der Waals surface area contributed by atoms with Gasteiger partial charge < -0.3 is 4.72 Å². The second-order valence-corrected chi connectivity index (χ2v) is 3.62. The third-order valence-corrected chi connectivity index (χ3v) is 2.58. The minimum atomic E-state index is 0.234. The second-order valence-electron chi connectivity index (χ2n) is 3.01. The Bertz CT molecular complexity index is 132. The quantitative estimate of drug-likeness (QED) is 0.647. The second kappa shape index (κ2) is 4.65. The highest BCUT2D eigenvalue weighted by Crippen LogP contribution is 2.23. The van der Waals surface area contributed by atoms with Gasteiger partial charge in [-0.15, -0.1) is 0 Å². The maximum atomic E-state index is 11.3. The van der Waals surface area contributed by atoms with Gasteiger partial charge in [0.05, 0.1) is 0 Å². The van der Waals surface area contributed by atoms with Gasteiger partial charge in [0.25, 0.3) is 0 Å². The number of hydrogen-bond donors (Lipinski definition) is 1. The van der Waals surface area contributed by atoms with E-state index in [2.05, 4.69) is 4.72 Å². The fourth-order valence-corrected chi connectivity index (χ4v) is 1.92. The fraction of sp³-hybridized carbons (Fsp3) is 0.875. The fourth-order valence-electron chi connectivity index (χ4n) is 1.55. The van der Waals surface area contributed by atoms with Crippen LogP contribution >= 0.6 is 11.9 Å². The highest BCUT2D eigenvalue weighted by Gasteiger charge is 2.20. The van der Waals surface area contributed by atoms with Crippen molar-refractivity contribution in [1.82, 2.24) is 4.72 Å². The smallest absolute Gasteiger partial charge is 0.232 e. The van der Waals surface area contributed by atoms with Crippen LogP contribution in [0.4, 0.5) is 0 Å². The zero-order valence-electron chi connectivity index (χ0n) is 6.93. The number of carbonyl (C=O) groups is 1. The highest BCUT2D eigenvalue weighted by molar-refractivity contribution is 7.97. The number of carbonyl (C=O) groups excluding carboxylic acids is 1. The third-order valence-electron chi connectivity index (χ3n) is 2.18. The molecule has 0 heterocycles. The van der Waals surface area contributed by atoms with Crippen molar-refractivity contribution in [2.75, 3.05) is 6.26 Å². The molecule has 0 aromatic carbocycles. The van der Waals surface area contributed by atoms with Crippen molar-refractivity contribution in [1.29, 1.82) is 0 Å². The van der Waals surface area contributed by atoms with E-state index < -0.39 is 0 Å². The van der Waals surface area contributed by atoms with Gasteiger partial charge in [0.2, 0.25) is 5.91 Å². The van der Waals surface area contributed by atoms with Crippen molar-refractivity contribution in [2.24, 2.45) is 5.92 Å². The summed E-state index contributed by atoms with van der Waals surface area (Å²) in [4.78, 5) is 11.3. The molecule has 0 radical (unpaired) electrons. The average Bonchev–Trinajstić information content (AvgIpc) is 2.07. The number of rotatable bonds is 2. The Labute approximate surface area is 72.3 Å². The molecule has 1 aliphatic rings. The molecule has 1 amide bonds. The minimum Gasteiger partial charge on any atom is -0.300 e. The molecular formula is C8H15NOS. The van der Waals surface area contributed by atoms with Gasteiger partial charge in [0.1, 0.15) is 0 Å². The highest BCUT2D eigenvalue weighted by atomic mass is 32.2. The Morgan fingerprint density at radius 2 is 2.00 bits per heavy atom. The Balaban J connectivity index is 2.27. The Hall–Kier alpha value is -0.180. The van der Waals surface area contributed by atoms with Crippen molar-refractivity contribution >= 4 is 17.9 Å². The molecule has 1 N–H and O–H groups in total. The van der Waals surface area contributed by atoms with E-state index in [-0.39, 0.29) is 5.91 Å². The van der Waals surface area contributed by atoms with Crippen molar-refractivity contribution in [3.8, 4) is 0 Å². The van der Waals surface area contributed by atoms with E-state index in [0.29, 0.717) is 5.92 Å². The lowest BCUT2D eigenvalue weighted by molar-refractivity contribution is -0.123. The largest absolute Gasteiger partial charge is 0.300 e. The molecule has 11 heavy (non-hydrogen) atoms. The molecule has 1 saturated carbocycles. The molecule has 1 fully saturated rings. The molecule has 0 aromatic rings. The Kier molecular flexibility index (Phi) is 3.77. The molecule has 0 bridgehead atoms. The topological polar surface area (TPSA) is 29.1 Å². The summed E-state index contributed by atoms with van der Waals surface area (Å²) >= 11 is 1.40. The molecule has 0 aromatic heterocycles. The normalized spacial score (nSPS) is 19.7. The summed E-state index contributed by atoms with van der Waals surface area (Å²) in [6, 6.07) is 0. The molecule has 0 spiro atoms. The summed E-state index contributed by atoms with van der Waals surface area (Å²) in [6.45, 7) is 0. The van der Waals surface area contributed by atoms with E-state index in [4.69, 9.17) is 0 Å². The Morgan fingerprint density at radius 1 is 1.36 bits per heavy atom. The van der Waals surface area contributed by atoms with Crippen molar-refractivity contribution in [2.45, 2.75) is 32.1 Å². The summed E-state index contributed by atoms with van der Waals surface area (Å²) in [7, 11) is 0. The maximum absolute atomic E-state index is 11.3. The standard InChI is InChI=1S/C8H15NOS/c1-11-9-8(10)7-5-3-2-4-6-7/h7H,2-6H2,1H3,(H,9,10). The van der Waals surface area contributed by atoms with E-state index in [1.807, 2.05) is 6.26 Å². The van der Waals surface area contributed by atoms with Gasteiger partial charge in [-0.2, -0.15) is 0 Å². The summed E-state index contributed by atoms with van der Waals surface area (Å²) in [5.41, 5.74) is 0. The van der Waals surface area contributed by atoms with Crippen LogP contribution in [0.25, 0.3) is 0 Å². The first-order chi connectivity index (χ1) is 5.34.